The first-order chi connectivity index (χ1) is 17.2. The van der Waals surface area contributed by atoms with Crippen LogP contribution in [0.1, 0.15) is 11.1 Å². The highest BCUT2D eigenvalue weighted by atomic mass is 16.3. The maximum Gasteiger partial charge on any atom is 0.0681 e. The predicted octanol–water partition coefficient (Wildman–Crippen LogP) is 7.48. The lowest BCUT2D eigenvalue weighted by atomic mass is 10.0. The lowest BCUT2D eigenvalue weighted by Crippen LogP contribution is -2.09. The summed E-state index contributed by atoms with van der Waals surface area (Å²) in [6.45, 7) is 0.107. The van der Waals surface area contributed by atoms with Gasteiger partial charge in [0.1, 0.15) is 0 Å². The highest BCUT2D eigenvalue weighted by Gasteiger charge is 2.13. The van der Waals surface area contributed by atoms with Crippen molar-refractivity contribution in [2.45, 2.75) is 13.2 Å². The Balaban J connectivity index is 1.47. The summed E-state index contributed by atoms with van der Waals surface area (Å²) < 4.78 is 0. The number of benzene rings is 5. The van der Waals surface area contributed by atoms with Crippen LogP contribution < -0.4 is 4.90 Å². The van der Waals surface area contributed by atoms with Crippen molar-refractivity contribution in [2.24, 2.45) is 0 Å². The summed E-state index contributed by atoms with van der Waals surface area (Å²) in [5, 5.41) is 18.6. The number of aliphatic hydroxyl groups excluding tert-OH is 2. The van der Waals surface area contributed by atoms with Gasteiger partial charge in [0.25, 0.3) is 0 Å². The molecule has 0 atom stereocenters. The van der Waals surface area contributed by atoms with Crippen molar-refractivity contribution in [1.29, 1.82) is 0 Å². The molecular weight excluding hydrogens is 430 g/mol. The number of aliphatic hydroxyl groups is 2. The number of hydrogen-bond acceptors (Lipinski definition) is 3. The first kappa shape index (κ1) is 22.6. The monoisotopic (exact) mass is 457 g/mol. The molecule has 0 spiro atoms. The summed E-state index contributed by atoms with van der Waals surface area (Å²) in [7, 11) is 0. The highest BCUT2D eigenvalue weighted by molar-refractivity contribution is 5.79. The fraction of sp³-hybridized carbons (Fsp3) is 0.0625. The van der Waals surface area contributed by atoms with Crippen molar-refractivity contribution in [2.75, 3.05) is 4.90 Å². The van der Waals surface area contributed by atoms with Crippen LogP contribution in [0.15, 0.2) is 127 Å². The van der Waals surface area contributed by atoms with Crippen LogP contribution in [0.25, 0.3) is 22.3 Å². The Morgan fingerprint density at radius 2 is 0.686 bits per heavy atom. The van der Waals surface area contributed by atoms with Gasteiger partial charge in [-0.25, -0.2) is 0 Å². The summed E-state index contributed by atoms with van der Waals surface area (Å²) >= 11 is 0. The molecule has 172 valence electrons. The lowest BCUT2D eigenvalue weighted by molar-refractivity contribution is 0.281. The molecule has 0 aliphatic heterocycles. The average molecular weight is 458 g/mol. The van der Waals surface area contributed by atoms with Gasteiger partial charge in [0, 0.05) is 17.1 Å². The van der Waals surface area contributed by atoms with E-state index in [9.17, 15) is 10.2 Å². The second kappa shape index (κ2) is 10.4. The van der Waals surface area contributed by atoms with Crippen LogP contribution in [0.3, 0.4) is 0 Å². The average Bonchev–Trinajstić information content (AvgIpc) is 2.95. The van der Waals surface area contributed by atoms with Gasteiger partial charge >= 0.3 is 0 Å². The number of nitrogens with zero attached hydrogens (tertiary/aromatic N) is 1. The highest BCUT2D eigenvalue weighted by Crippen LogP contribution is 2.36. The number of para-hydroxylation sites is 1. The maximum atomic E-state index is 9.30. The minimum Gasteiger partial charge on any atom is -0.392 e. The molecule has 0 saturated heterocycles. The van der Waals surface area contributed by atoms with Gasteiger partial charge < -0.3 is 15.1 Å². The molecule has 0 aromatic heterocycles. The van der Waals surface area contributed by atoms with Crippen molar-refractivity contribution in [3.8, 4) is 22.3 Å². The van der Waals surface area contributed by atoms with Crippen LogP contribution in [0.5, 0.6) is 0 Å². The topological polar surface area (TPSA) is 43.7 Å². The van der Waals surface area contributed by atoms with Crippen molar-refractivity contribution in [3.63, 3.8) is 0 Å². The first-order valence-electron chi connectivity index (χ1n) is 11.7. The van der Waals surface area contributed by atoms with Gasteiger partial charge in [0.05, 0.1) is 13.2 Å². The Morgan fingerprint density at radius 1 is 0.371 bits per heavy atom. The van der Waals surface area contributed by atoms with E-state index in [1.165, 1.54) is 0 Å². The minimum atomic E-state index is 0.0536. The molecule has 0 radical (unpaired) electrons. The van der Waals surface area contributed by atoms with Crippen molar-refractivity contribution in [3.05, 3.63) is 139 Å². The third-order valence-electron chi connectivity index (χ3n) is 6.21. The fourth-order valence-corrected chi connectivity index (χ4v) is 4.24. The van der Waals surface area contributed by atoms with E-state index in [2.05, 4.69) is 77.7 Å². The van der Waals surface area contributed by atoms with Gasteiger partial charge in [0.2, 0.25) is 0 Å². The first-order valence-corrected chi connectivity index (χ1v) is 11.7. The smallest absolute Gasteiger partial charge is 0.0681 e. The third kappa shape index (κ3) is 5.02. The molecule has 0 heterocycles. The summed E-state index contributed by atoms with van der Waals surface area (Å²) in [6, 6.07) is 43.5. The largest absolute Gasteiger partial charge is 0.392 e. The molecule has 0 saturated carbocycles. The zero-order valence-corrected chi connectivity index (χ0v) is 19.4. The molecule has 2 N–H and O–H groups in total. The van der Waals surface area contributed by atoms with E-state index in [1.807, 2.05) is 54.6 Å². The van der Waals surface area contributed by atoms with Gasteiger partial charge in [-0.2, -0.15) is 0 Å². The molecule has 0 aliphatic rings. The standard InChI is InChI=1S/C32H27NO2/c34-22-24-6-10-26(11-7-24)28-14-18-31(19-15-28)33(30-4-2-1-3-5-30)32-20-16-29(17-21-32)27-12-8-25(23-35)9-13-27/h1-21,34-35H,22-23H2. The van der Waals surface area contributed by atoms with E-state index in [0.717, 1.165) is 50.4 Å². The van der Waals surface area contributed by atoms with Gasteiger partial charge in [0.15, 0.2) is 0 Å². The van der Waals surface area contributed by atoms with Crippen molar-refractivity contribution >= 4 is 17.1 Å². The molecule has 5 rings (SSSR count). The van der Waals surface area contributed by atoms with E-state index in [-0.39, 0.29) is 13.2 Å². The molecule has 0 fully saturated rings. The Labute approximate surface area is 206 Å². The SMILES string of the molecule is OCc1ccc(-c2ccc(N(c3ccccc3)c3ccc(-c4ccc(CO)cc4)cc3)cc2)cc1. The van der Waals surface area contributed by atoms with E-state index in [1.54, 1.807) is 0 Å². The summed E-state index contributed by atoms with van der Waals surface area (Å²) in [6.07, 6.45) is 0. The van der Waals surface area contributed by atoms with Gasteiger partial charge in [-0.05, 0) is 69.8 Å². The van der Waals surface area contributed by atoms with Crippen LogP contribution in [0, 0.1) is 0 Å². The number of anilines is 3. The van der Waals surface area contributed by atoms with E-state index in [4.69, 9.17) is 0 Å². The van der Waals surface area contributed by atoms with Crippen LogP contribution in [-0.2, 0) is 13.2 Å². The minimum absolute atomic E-state index is 0.0536. The predicted molar refractivity (Wildman–Crippen MR) is 144 cm³/mol. The number of hydrogen-bond donors (Lipinski definition) is 2. The molecule has 5 aromatic rings. The Hall–Kier alpha value is -4.18. The van der Waals surface area contributed by atoms with E-state index in [0.29, 0.717) is 0 Å². The van der Waals surface area contributed by atoms with Crippen molar-refractivity contribution < 1.29 is 10.2 Å². The molecule has 0 aliphatic carbocycles. The molecule has 35 heavy (non-hydrogen) atoms. The van der Waals surface area contributed by atoms with Crippen LogP contribution >= 0.6 is 0 Å². The summed E-state index contributed by atoms with van der Waals surface area (Å²) in [5.74, 6) is 0. The normalized spacial score (nSPS) is 10.8. The lowest BCUT2D eigenvalue weighted by Gasteiger charge is -2.26. The van der Waals surface area contributed by atoms with Gasteiger partial charge in [-0.1, -0.05) is 91.0 Å². The zero-order valence-electron chi connectivity index (χ0n) is 19.4. The van der Waals surface area contributed by atoms with Crippen LogP contribution in [0.2, 0.25) is 0 Å². The zero-order chi connectivity index (χ0) is 24.0. The second-order valence-corrected chi connectivity index (χ2v) is 8.47. The quantitative estimate of drug-likeness (QED) is 0.266. The Bertz CT molecular complexity index is 1270. The summed E-state index contributed by atoms with van der Waals surface area (Å²) in [4.78, 5) is 2.25. The van der Waals surface area contributed by atoms with Crippen LogP contribution in [-0.4, -0.2) is 10.2 Å². The maximum absolute atomic E-state index is 9.30. The third-order valence-corrected chi connectivity index (χ3v) is 6.21. The molecular formula is C32H27NO2. The molecule has 3 heteroatoms. The van der Waals surface area contributed by atoms with Gasteiger partial charge in [-0.3, -0.25) is 0 Å². The van der Waals surface area contributed by atoms with E-state index < -0.39 is 0 Å². The molecule has 5 aromatic carbocycles. The second-order valence-electron chi connectivity index (χ2n) is 8.47. The Morgan fingerprint density at radius 3 is 1.03 bits per heavy atom. The molecule has 0 bridgehead atoms. The molecule has 0 unspecified atom stereocenters. The van der Waals surface area contributed by atoms with Gasteiger partial charge in [-0.15, -0.1) is 0 Å². The molecule has 3 nitrogen and oxygen atoms in total. The summed E-state index contributed by atoms with van der Waals surface area (Å²) in [5.41, 5.74) is 9.57. The Kier molecular flexibility index (Phi) is 6.71. The van der Waals surface area contributed by atoms with E-state index >= 15 is 0 Å². The van der Waals surface area contributed by atoms with Crippen LogP contribution in [0.4, 0.5) is 17.1 Å². The molecule has 0 amide bonds. The number of rotatable bonds is 7. The fourth-order valence-electron chi connectivity index (χ4n) is 4.24. The van der Waals surface area contributed by atoms with Crippen molar-refractivity contribution in [1.82, 2.24) is 0 Å².